The van der Waals surface area contributed by atoms with Gasteiger partial charge in [-0.2, -0.15) is 0 Å². The second-order valence-electron chi connectivity index (χ2n) is 6.01. The molecule has 2 aromatic rings. The molecule has 25 heavy (non-hydrogen) atoms. The molecule has 1 aromatic heterocycles. The van der Waals surface area contributed by atoms with Crippen molar-refractivity contribution in [2.45, 2.75) is 32.2 Å². The normalized spacial score (nSPS) is 13.9. The van der Waals surface area contributed by atoms with Crippen molar-refractivity contribution in [3.63, 3.8) is 0 Å². The largest absolute Gasteiger partial charge is 0.493 e. The first kappa shape index (κ1) is 17.1. The number of hydrogen-bond acceptors (Lipinski definition) is 4. The van der Waals surface area contributed by atoms with E-state index in [1.165, 1.54) is 24.1 Å². The van der Waals surface area contributed by atoms with Gasteiger partial charge in [-0.15, -0.1) is 0 Å². The summed E-state index contributed by atoms with van der Waals surface area (Å²) in [6.45, 7) is 0.458. The lowest BCUT2D eigenvalue weighted by Crippen LogP contribution is -2.22. The van der Waals surface area contributed by atoms with E-state index in [9.17, 15) is 0 Å². The van der Waals surface area contributed by atoms with E-state index in [-0.39, 0.29) is 0 Å². The lowest BCUT2D eigenvalue weighted by molar-refractivity contribution is 0.355. The zero-order valence-corrected chi connectivity index (χ0v) is 14.7. The quantitative estimate of drug-likeness (QED) is 0.646. The Morgan fingerprint density at radius 2 is 1.92 bits per heavy atom. The van der Waals surface area contributed by atoms with E-state index in [0.29, 0.717) is 24.0 Å². The van der Waals surface area contributed by atoms with Crippen LogP contribution in [0, 0.1) is 0 Å². The van der Waals surface area contributed by atoms with Crippen LogP contribution in [0.4, 0.5) is 5.69 Å². The first-order valence-corrected chi connectivity index (χ1v) is 8.46. The number of pyridine rings is 1. The molecule has 0 unspecified atom stereocenters. The molecular weight excluding hydrogens is 316 g/mol. The summed E-state index contributed by atoms with van der Waals surface area (Å²) in [6.07, 6.45) is 4.67. The Hall–Kier alpha value is -2.76. The molecule has 6 nitrogen and oxygen atoms in total. The number of hydrogen-bond donors (Lipinski definition) is 2. The third kappa shape index (κ3) is 4.21. The van der Waals surface area contributed by atoms with Crippen LogP contribution >= 0.6 is 0 Å². The molecule has 1 aliphatic carbocycles. The molecule has 0 atom stereocenters. The van der Waals surface area contributed by atoms with Crippen molar-refractivity contribution >= 4 is 11.6 Å². The highest BCUT2D eigenvalue weighted by Crippen LogP contribution is 2.29. The third-order valence-electron chi connectivity index (χ3n) is 4.30. The fraction of sp³-hybridized carbons (Fsp3) is 0.368. The summed E-state index contributed by atoms with van der Waals surface area (Å²) < 4.78 is 10.5. The van der Waals surface area contributed by atoms with Crippen molar-refractivity contribution in [2.75, 3.05) is 19.5 Å². The smallest absolute Gasteiger partial charge is 0.193 e. The number of anilines is 1. The summed E-state index contributed by atoms with van der Waals surface area (Å²) in [4.78, 5) is 9.10. The average molecular weight is 340 g/mol. The molecule has 0 fully saturated rings. The Morgan fingerprint density at radius 3 is 2.72 bits per heavy atom. The van der Waals surface area contributed by atoms with E-state index in [0.717, 1.165) is 24.2 Å². The molecule has 1 aliphatic rings. The van der Waals surface area contributed by atoms with Gasteiger partial charge in [0.2, 0.25) is 0 Å². The molecular formula is C19H24N4O2. The first-order chi connectivity index (χ1) is 12.2. The van der Waals surface area contributed by atoms with Crippen molar-refractivity contribution in [3.8, 4) is 11.5 Å². The Labute approximate surface area is 148 Å². The number of rotatable bonds is 5. The van der Waals surface area contributed by atoms with Crippen LogP contribution in [-0.4, -0.2) is 25.2 Å². The Balaban J connectivity index is 1.66. The number of nitrogens with two attached hydrogens (primary N) is 1. The molecule has 0 spiro atoms. The molecule has 1 aromatic carbocycles. The minimum Gasteiger partial charge on any atom is -0.493 e. The number of guanidine groups is 1. The van der Waals surface area contributed by atoms with Crippen molar-refractivity contribution in [2.24, 2.45) is 10.7 Å². The summed E-state index contributed by atoms with van der Waals surface area (Å²) in [5.41, 5.74) is 10.3. The topological polar surface area (TPSA) is 81.8 Å². The average Bonchev–Trinajstić information content (AvgIpc) is 2.66. The molecule has 0 bridgehead atoms. The first-order valence-electron chi connectivity index (χ1n) is 8.46. The van der Waals surface area contributed by atoms with Crippen molar-refractivity contribution in [3.05, 3.63) is 47.3 Å². The Kier molecular flexibility index (Phi) is 5.38. The third-order valence-corrected chi connectivity index (χ3v) is 4.30. The molecule has 132 valence electrons. The molecule has 0 saturated heterocycles. The van der Waals surface area contributed by atoms with E-state index < -0.39 is 0 Å². The van der Waals surface area contributed by atoms with Crippen molar-refractivity contribution in [1.29, 1.82) is 0 Å². The number of nitrogens with zero attached hydrogens (tertiary/aromatic N) is 2. The molecule has 3 rings (SSSR count). The predicted octanol–water partition coefficient (Wildman–Crippen LogP) is 2.90. The maximum absolute atomic E-state index is 5.99. The van der Waals surface area contributed by atoms with Crippen LogP contribution < -0.4 is 20.5 Å². The number of aryl methyl sites for hydroxylation is 2. The zero-order valence-electron chi connectivity index (χ0n) is 14.7. The van der Waals surface area contributed by atoms with Gasteiger partial charge in [0.05, 0.1) is 26.5 Å². The Morgan fingerprint density at radius 1 is 1.12 bits per heavy atom. The fourth-order valence-electron chi connectivity index (χ4n) is 2.98. The summed E-state index contributed by atoms with van der Waals surface area (Å²) in [6, 6.07) is 9.71. The number of fused-ring (bicyclic) bond motifs is 1. The van der Waals surface area contributed by atoms with Gasteiger partial charge in [0, 0.05) is 17.4 Å². The SMILES string of the molecule is COc1ccc(NC(N)=NCc2ccc3c(n2)CCCC3)cc1OC. The van der Waals surface area contributed by atoms with E-state index in [4.69, 9.17) is 20.2 Å². The molecule has 1 heterocycles. The van der Waals surface area contributed by atoms with E-state index in [1.54, 1.807) is 14.2 Å². The minimum atomic E-state index is 0.340. The van der Waals surface area contributed by atoms with Crippen molar-refractivity contribution < 1.29 is 9.47 Å². The van der Waals surface area contributed by atoms with Crippen LogP contribution in [0.3, 0.4) is 0 Å². The fourth-order valence-corrected chi connectivity index (χ4v) is 2.98. The predicted molar refractivity (Wildman–Crippen MR) is 99.4 cm³/mol. The van der Waals surface area contributed by atoms with Crippen LogP contribution in [0.15, 0.2) is 35.3 Å². The van der Waals surface area contributed by atoms with Crippen molar-refractivity contribution in [1.82, 2.24) is 4.98 Å². The second-order valence-corrected chi connectivity index (χ2v) is 6.01. The van der Waals surface area contributed by atoms with Crippen LogP contribution in [-0.2, 0) is 19.4 Å². The number of methoxy groups -OCH3 is 2. The molecule has 3 N–H and O–H groups in total. The number of benzene rings is 1. The Bertz CT molecular complexity index is 774. The summed E-state index contributed by atoms with van der Waals surface area (Å²) in [7, 11) is 3.20. The highest BCUT2D eigenvalue weighted by Gasteiger charge is 2.11. The van der Waals surface area contributed by atoms with Gasteiger partial charge < -0.3 is 20.5 Å². The van der Waals surface area contributed by atoms with Gasteiger partial charge >= 0.3 is 0 Å². The van der Waals surface area contributed by atoms with E-state index >= 15 is 0 Å². The van der Waals surface area contributed by atoms with Crippen LogP contribution in [0.2, 0.25) is 0 Å². The van der Waals surface area contributed by atoms with Crippen LogP contribution in [0.5, 0.6) is 11.5 Å². The van der Waals surface area contributed by atoms with Gasteiger partial charge in [-0.1, -0.05) is 6.07 Å². The number of ether oxygens (including phenoxy) is 2. The number of nitrogens with one attached hydrogen (secondary N) is 1. The summed E-state index contributed by atoms with van der Waals surface area (Å²) in [5.74, 6) is 1.64. The van der Waals surface area contributed by atoms with Crippen LogP contribution in [0.25, 0.3) is 0 Å². The number of aromatic nitrogens is 1. The maximum atomic E-state index is 5.99. The molecule has 0 aliphatic heterocycles. The van der Waals surface area contributed by atoms with Gasteiger partial charge in [-0.3, -0.25) is 4.98 Å². The van der Waals surface area contributed by atoms with E-state index in [1.807, 2.05) is 24.3 Å². The highest BCUT2D eigenvalue weighted by atomic mass is 16.5. The zero-order chi connectivity index (χ0) is 17.6. The van der Waals surface area contributed by atoms with E-state index in [2.05, 4.69) is 16.4 Å². The van der Waals surface area contributed by atoms with Crippen LogP contribution in [0.1, 0.15) is 29.8 Å². The van der Waals surface area contributed by atoms with Gasteiger partial charge in [-0.25, -0.2) is 4.99 Å². The second kappa shape index (κ2) is 7.88. The lowest BCUT2D eigenvalue weighted by Gasteiger charge is -2.15. The maximum Gasteiger partial charge on any atom is 0.193 e. The van der Waals surface area contributed by atoms with Gasteiger partial charge in [-0.05, 0) is 49.4 Å². The van der Waals surface area contributed by atoms with Gasteiger partial charge in [0.1, 0.15) is 0 Å². The summed E-state index contributed by atoms with van der Waals surface area (Å²) in [5, 5.41) is 3.06. The minimum absolute atomic E-state index is 0.340. The van der Waals surface area contributed by atoms with Gasteiger partial charge in [0.15, 0.2) is 17.5 Å². The van der Waals surface area contributed by atoms with Gasteiger partial charge in [0.25, 0.3) is 0 Å². The lowest BCUT2D eigenvalue weighted by atomic mass is 9.96. The molecule has 0 amide bonds. The molecule has 0 saturated carbocycles. The number of aliphatic imine (C=N–C) groups is 1. The molecule has 6 heteroatoms. The molecule has 0 radical (unpaired) electrons. The monoisotopic (exact) mass is 340 g/mol. The summed E-state index contributed by atoms with van der Waals surface area (Å²) >= 11 is 0. The standard InChI is InChI=1S/C19H24N4O2/c1-24-17-10-9-14(11-18(17)25-2)23-19(20)21-12-15-8-7-13-5-3-4-6-16(13)22-15/h7-11H,3-6,12H2,1-2H3,(H3,20,21,23). The highest BCUT2D eigenvalue weighted by molar-refractivity contribution is 5.92.